The molecule has 1 heterocycles. The maximum absolute atomic E-state index is 5.22. The lowest BCUT2D eigenvalue weighted by Gasteiger charge is -2.06. The summed E-state index contributed by atoms with van der Waals surface area (Å²) in [7, 11) is 3.67. The SMILES string of the molecule is COc1cccc(CCNCc2cc(C)nn2C)c1. The summed E-state index contributed by atoms with van der Waals surface area (Å²) in [6, 6.07) is 10.3. The molecule has 0 amide bonds. The van der Waals surface area contributed by atoms with Crippen molar-refractivity contribution < 1.29 is 4.74 Å². The number of ether oxygens (including phenoxy) is 1. The first-order chi connectivity index (χ1) is 9.19. The standard InChI is InChI=1S/C15H21N3O/c1-12-9-14(18(2)17-12)11-16-8-7-13-5-4-6-15(10-13)19-3/h4-6,9-10,16H,7-8,11H2,1-3H3. The van der Waals surface area contributed by atoms with Crippen LogP contribution in [0.4, 0.5) is 0 Å². The zero-order valence-electron chi connectivity index (χ0n) is 11.8. The summed E-state index contributed by atoms with van der Waals surface area (Å²) in [6.45, 7) is 3.80. The van der Waals surface area contributed by atoms with Gasteiger partial charge in [-0.25, -0.2) is 0 Å². The molecule has 1 aromatic heterocycles. The molecule has 0 radical (unpaired) electrons. The van der Waals surface area contributed by atoms with Crippen molar-refractivity contribution in [3.05, 3.63) is 47.3 Å². The number of hydrogen-bond donors (Lipinski definition) is 1. The molecule has 2 rings (SSSR count). The maximum atomic E-state index is 5.22. The summed E-state index contributed by atoms with van der Waals surface area (Å²) in [5, 5.41) is 7.77. The van der Waals surface area contributed by atoms with Crippen molar-refractivity contribution >= 4 is 0 Å². The van der Waals surface area contributed by atoms with Gasteiger partial charge < -0.3 is 10.1 Å². The summed E-state index contributed by atoms with van der Waals surface area (Å²) in [4.78, 5) is 0. The minimum atomic E-state index is 0.849. The molecule has 1 aromatic carbocycles. The van der Waals surface area contributed by atoms with Gasteiger partial charge in [0.15, 0.2) is 0 Å². The van der Waals surface area contributed by atoms with Gasteiger partial charge in [-0.2, -0.15) is 5.10 Å². The molecule has 0 unspecified atom stereocenters. The molecule has 0 spiro atoms. The third-order valence-corrected chi connectivity index (χ3v) is 3.13. The van der Waals surface area contributed by atoms with Crippen molar-refractivity contribution in [1.82, 2.24) is 15.1 Å². The van der Waals surface area contributed by atoms with Crippen LogP contribution in [0, 0.1) is 6.92 Å². The lowest BCUT2D eigenvalue weighted by molar-refractivity contribution is 0.414. The number of aryl methyl sites for hydroxylation is 2. The lowest BCUT2D eigenvalue weighted by Crippen LogP contribution is -2.18. The second-order valence-corrected chi connectivity index (χ2v) is 4.68. The first-order valence-electron chi connectivity index (χ1n) is 6.52. The molecule has 0 saturated heterocycles. The molecule has 19 heavy (non-hydrogen) atoms. The Bertz CT molecular complexity index is 534. The number of hydrogen-bond acceptors (Lipinski definition) is 3. The summed E-state index contributed by atoms with van der Waals surface area (Å²) < 4.78 is 7.14. The van der Waals surface area contributed by atoms with Crippen LogP contribution < -0.4 is 10.1 Å². The Morgan fingerprint density at radius 1 is 1.32 bits per heavy atom. The van der Waals surface area contributed by atoms with Crippen LogP contribution in [0.5, 0.6) is 5.75 Å². The van der Waals surface area contributed by atoms with Gasteiger partial charge in [-0.15, -0.1) is 0 Å². The zero-order valence-corrected chi connectivity index (χ0v) is 11.8. The van der Waals surface area contributed by atoms with Gasteiger partial charge in [-0.1, -0.05) is 12.1 Å². The van der Waals surface area contributed by atoms with Crippen LogP contribution >= 0.6 is 0 Å². The summed E-state index contributed by atoms with van der Waals surface area (Å²) in [5.41, 5.74) is 3.56. The molecule has 0 saturated carbocycles. The molecule has 102 valence electrons. The van der Waals surface area contributed by atoms with E-state index >= 15 is 0 Å². The van der Waals surface area contributed by atoms with Gasteiger partial charge in [-0.3, -0.25) is 4.68 Å². The van der Waals surface area contributed by atoms with E-state index in [1.807, 2.05) is 30.8 Å². The number of aromatic nitrogens is 2. The number of nitrogens with zero attached hydrogens (tertiary/aromatic N) is 2. The highest BCUT2D eigenvalue weighted by atomic mass is 16.5. The van der Waals surface area contributed by atoms with E-state index < -0.39 is 0 Å². The summed E-state index contributed by atoms with van der Waals surface area (Å²) in [6.07, 6.45) is 0.994. The second kappa shape index (κ2) is 6.38. The average Bonchev–Trinajstić information content (AvgIpc) is 2.73. The van der Waals surface area contributed by atoms with Crippen LogP contribution in [0.15, 0.2) is 30.3 Å². The Morgan fingerprint density at radius 3 is 2.84 bits per heavy atom. The fourth-order valence-corrected chi connectivity index (χ4v) is 2.11. The Morgan fingerprint density at radius 2 is 2.16 bits per heavy atom. The van der Waals surface area contributed by atoms with Gasteiger partial charge >= 0.3 is 0 Å². The van der Waals surface area contributed by atoms with E-state index in [1.54, 1.807) is 7.11 Å². The molecular weight excluding hydrogens is 238 g/mol. The average molecular weight is 259 g/mol. The number of methoxy groups -OCH3 is 1. The number of rotatable bonds is 6. The van der Waals surface area contributed by atoms with Crippen LogP contribution in [-0.2, 0) is 20.0 Å². The lowest BCUT2D eigenvalue weighted by atomic mass is 10.1. The summed E-state index contributed by atoms with van der Waals surface area (Å²) in [5.74, 6) is 0.916. The topological polar surface area (TPSA) is 39.1 Å². The normalized spacial score (nSPS) is 10.7. The van der Waals surface area contributed by atoms with Gasteiger partial charge in [0.05, 0.1) is 18.5 Å². The largest absolute Gasteiger partial charge is 0.497 e. The highest BCUT2D eigenvalue weighted by Crippen LogP contribution is 2.12. The molecule has 4 heteroatoms. The van der Waals surface area contributed by atoms with Crippen molar-refractivity contribution in [3.8, 4) is 5.75 Å². The quantitative estimate of drug-likeness (QED) is 0.807. The third-order valence-electron chi connectivity index (χ3n) is 3.13. The van der Waals surface area contributed by atoms with Crippen LogP contribution in [0.3, 0.4) is 0 Å². The van der Waals surface area contributed by atoms with E-state index in [1.165, 1.54) is 11.3 Å². The molecule has 0 bridgehead atoms. The Labute approximate surface area is 114 Å². The Hall–Kier alpha value is -1.81. The van der Waals surface area contributed by atoms with Crippen LogP contribution in [-0.4, -0.2) is 23.4 Å². The molecule has 1 N–H and O–H groups in total. The molecule has 4 nitrogen and oxygen atoms in total. The molecule has 0 aliphatic rings. The van der Waals surface area contributed by atoms with Crippen molar-refractivity contribution in [2.75, 3.05) is 13.7 Å². The third kappa shape index (κ3) is 3.83. The first kappa shape index (κ1) is 13.6. The van der Waals surface area contributed by atoms with E-state index in [-0.39, 0.29) is 0 Å². The predicted octanol–water partition coefficient (Wildman–Crippen LogP) is 2.07. The van der Waals surface area contributed by atoms with Gasteiger partial charge in [0.2, 0.25) is 0 Å². The van der Waals surface area contributed by atoms with E-state index in [0.717, 1.165) is 31.0 Å². The molecule has 0 aliphatic carbocycles. The van der Waals surface area contributed by atoms with Gasteiger partial charge in [0, 0.05) is 13.6 Å². The minimum Gasteiger partial charge on any atom is -0.497 e. The van der Waals surface area contributed by atoms with Gasteiger partial charge in [-0.05, 0) is 43.7 Å². The van der Waals surface area contributed by atoms with E-state index in [2.05, 4.69) is 28.6 Å². The van der Waals surface area contributed by atoms with E-state index in [4.69, 9.17) is 4.74 Å². The van der Waals surface area contributed by atoms with E-state index in [9.17, 15) is 0 Å². The highest BCUT2D eigenvalue weighted by molar-refractivity contribution is 5.28. The fourth-order valence-electron chi connectivity index (χ4n) is 2.11. The van der Waals surface area contributed by atoms with Crippen LogP contribution in [0.2, 0.25) is 0 Å². The van der Waals surface area contributed by atoms with E-state index in [0.29, 0.717) is 0 Å². The minimum absolute atomic E-state index is 0.849. The molecule has 0 fully saturated rings. The fraction of sp³-hybridized carbons (Fsp3) is 0.400. The zero-order chi connectivity index (χ0) is 13.7. The summed E-state index contributed by atoms with van der Waals surface area (Å²) >= 11 is 0. The second-order valence-electron chi connectivity index (χ2n) is 4.68. The molecule has 0 atom stereocenters. The van der Waals surface area contributed by atoms with Crippen molar-refractivity contribution in [3.63, 3.8) is 0 Å². The molecule has 0 aliphatic heterocycles. The smallest absolute Gasteiger partial charge is 0.119 e. The Kier molecular flexibility index (Phi) is 4.58. The predicted molar refractivity (Wildman–Crippen MR) is 76.3 cm³/mol. The number of nitrogens with one attached hydrogen (secondary N) is 1. The van der Waals surface area contributed by atoms with Gasteiger partial charge in [0.1, 0.15) is 5.75 Å². The van der Waals surface area contributed by atoms with Crippen LogP contribution in [0.1, 0.15) is 17.0 Å². The molecular formula is C15H21N3O. The highest BCUT2D eigenvalue weighted by Gasteiger charge is 2.01. The number of benzene rings is 1. The Balaban J connectivity index is 1.79. The molecule has 2 aromatic rings. The first-order valence-corrected chi connectivity index (χ1v) is 6.52. The monoisotopic (exact) mass is 259 g/mol. The van der Waals surface area contributed by atoms with Gasteiger partial charge in [0.25, 0.3) is 0 Å². The maximum Gasteiger partial charge on any atom is 0.119 e. The van der Waals surface area contributed by atoms with Crippen molar-refractivity contribution in [2.45, 2.75) is 19.9 Å². The van der Waals surface area contributed by atoms with Crippen LogP contribution in [0.25, 0.3) is 0 Å². The van der Waals surface area contributed by atoms with Crippen molar-refractivity contribution in [2.24, 2.45) is 7.05 Å². The van der Waals surface area contributed by atoms with Crippen molar-refractivity contribution in [1.29, 1.82) is 0 Å².